The minimum absolute atomic E-state index is 0.0819. The summed E-state index contributed by atoms with van der Waals surface area (Å²) in [4.78, 5) is 14.8. The smallest absolute Gasteiger partial charge is 0.317 e. The monoisotopic (exact) mass is 223 g/mol. The molecule has 78 valence electrons. The van der Waals surface area contributed by atoms with E-state index in [0.717, 1.165) is 11.3 Å². The van der Waals surface area contributed by atoms with E-state index in [2.05, 4.69) is 21.6 Å². The minimum atomic E-state index is -0.345. The van der Waals surface area contributed by atoms with Crippen LogP contribution in [0.4, 0.5) is 0 Å². The maximum Gasteiger partial charge on any atom is 0.317 e. The van der Waals surface area contributed by atoms with Gasteiger partial charge in [-0.15, -0.1) is 0 Å². The molecule has 1 aromatic rings. The summed E-state index contributed by atoms with van der Waals surface area (Å²) in [7, 11) is 1.33. The van der Waals surface area contributed by atoms with Crippen molar-refractivity contribution in [3.63, 3.8) is 0 Å². The van der Waals surface area contributed by atoms with E-state index in [9.17, 15) is 4.79 Å². The highest BCUT2D eigenvalue weighted by molar-refractivity contribution is 6.29. The van der Waals surface area contributed by atoms with Crippen LogP contribution in [0.1, 0.15) is 17.7 Å². The number of carbonyl (C=O) groups excluding carboxylic acids is 1. The van der Waals surface area contributed by atoms with Crippen LogP contribution in [-0.2, 0) is 9.53 Å². The van der Waals surface area contributed by atoms with Crippen LogP contribution in [0.15, 0.2) is 12.1 Å². The summed E-state index contributed by atoms with van der Waals surface area (Å²) in [6.07, 6.45) is 0.0819. The van der Waals surface area contributed by atoms with Gasteiger partial charge >= 0.3 is 5.97 Å². The molecule has 0 atom stereocenters. The van der Waals surface area contributed by atoms with Crippen LogP contribution in [-0.4, -0.2) is 18.1 Å². The lowest BCUT2D eigenvalue weighted by atomic mass is 10.2. The number of aryl methyl sites for hydroxylation is 1. The van der Waals surface area contributed by atoms with Gasteiger partial charge in [-0.05, 0) is 19.1 Å². The third kappa shape index (κ3) is 3.61. The van der Waals surface area contributed by atoms with Gasteiger partial charge in [-0.1, -0.05) is 23.4 Å². The van der Waals surface area contributed by atoms with E-state index in [-0.39, 0.29) is 12.4 Å². The Morgan fingerprint density at radius 3 is 2.93 bits per heavy atom. The van der Waals surface area contributed by atoms with Crippen LogP contribution < -0.4 is 0 Å². The average molecular weight is 224 g/mol. The third-order valence-electron chi connectivity index (χ3n) is 1.74. The summed E-state index contributed by atoms with van der Waals surface area (Å²) in [5.41, 5.74) is 1.52. The van der Waals surface area contributed by atoms with Crippen LogP contribution in [0.25, 0.3) is 0 Å². The summed E-state index contributed by atoms with van der Waals surface area (Å²) in [5.74, 6) is 5.19. The Morgan fingerprint density at radius 2 is 2.33 bits per heavy atom. The molecule has 4 heteroatoms. The molecule has 0 bridgehead atoms. The van der Waals surface area contributed by atoms with Crippen LogP contribution in [0.5, 0.6) is 0 Å². The topological polar surface area (TPSA) is 39.2 Å². The van der Waals surface area contributed by atoms with Gasteiger partial charge in [0.25, 0.3) is 0 Å². The summed E-state index contributed by atoms with van der Waals surface area (Å²) in [6.45, 7) is 1.81. The number of rotatable bonds is 1. The Hall–Kier alpha value is -1.53. The molecule has 1 aromatic heterocycles. The normalized spacial score (nSPS) is 9.00. The molecule has 0 aliphatic heterocycles. The number of esters is 1. The molecule has 1 rings (SSSR count). The summed E-state index contributed by atoms with van der Waals surface area (Å²) in [5, 5.41) is 0.436. The maximum atomic E-state index is 10.8. The van der Waals surface area contributed by atoms with Crippen molar-refractivity contribution >= 4 is 17.6 Å². The number of hydrogen-bond acceptors (Lipinski definition) is 3. The summed E-state index contributed by atoms with van der Waals surface area (Å²) in [6, 6.07) is 3.44. The van der Waals surface area contributed by atoms with Crippen molar-refractivity contribution in [2.45, 2.75) is 13.3 Å². The van der Waals surface area contributed by atoms with Gasteiger partial charge in [0.2, 0.25) is 0 Å². The number of hydrogen-bond donors (Lipinski definition) is 0. The first-order chi connectivity index (χ1) is 7.13. The number of pyridine rings is 1. The lowest BCUT2D eigenvalue weighted by Gasteiger charge is -1.96. The quantitative estimate of drug-likeness (QED) is 0.415. The second-order valence-corrected chi connectivity index (χ2v) is 3.21. The number of methoxy groups -OCH3 is 1. The predicted octanol–water partition coefficient (Wildman–Crippen LogP) is 1.96. The van der Waals surface area contributed by atoms with Gasteiger partial charge in [-0.3, -0.25) is 4.79 Å². The first-order valence-corrected chi connectivity index (χ1v) is 4.70. The fraction of sp³-hybridized carbons (Fsp3) is 0.273. The number of carbonyl (C=O) groups is 1. The van der Waals surface area contributed by atoms with Gasteiger partial charge in [0.05, 0.1) is 12.8 Å². The van der Waals surface area contributed by atoms with Gasteiger partial charge in [-0.2, -0.15) is 0 Å². The average Bonchev–Trinajstić information content (AvgIpc) is 2.21. The van der Waals surface area contributed by atoms with Crippen LogP contribution in [0.3, 0.4) is 0 Å². The van der Waals surface area contributed by atoms with Gasteiger partial charge in [0.15, 0.2) is 0 Å². The van der Waals surface area contributed by atoms with E-state index < -0.39 is 0 Å². The fourth-order valence-electron chi connectivity index (χ4n) is 0.946. The lowest BCUT2D eigenvalue weighted by Crippen LogP contribution is -1.97. The zero-order valence-corrected chi connectivity index (χ0v) is 9.26. The van der Waals surface area contributed by atoms with E-state index >= 15 is 0 Å². The molecule has 0 saturated carbocycles. The molecule has 0 aliphatic rings. The van der Waals surface area contributed by atoms with Gasteiger partial charge in [0, 0.05) is 5.56 Å². The minimum Gasteiger partial charge on any atom is -0.468 e. The molecular formula is C11H10ClNO2. The van der Waals surface area contributed by atoms with E-state index in [1.807, 2.05) is 6.92 Å². The Balaban J connectivity index is 2.76. The molecule has 0 radical (unpaired) electrons. The van der Waals surface area contributed by atoms with Crippen molar-refractivity contribution in [2.75, 3.05) is 7.11 Å². The largest absolute Gasteiger partial charge is 0.468 e. The molecule has 0 saturated heterocycles. The van der Waals surface area contributed by atoms with Crippen molar-refractivity contribution in [1.82, 2.24) is 4.98 Å². The van der Waals surface area contributed by atoms with Crippen LogP contribution in [0.2, 0.25) is 5.15 Å². The van der Waals surface area contributed by atoms with Crippen molar-refractivity contribution in [1.29, 1.82) is 0 Å². The lowest BCUT2D eigenvalue weighted by molar-refractivity contribution is -0.139. The number of nitrogens with zero attached hydrogens (tertiary/aromatic N) is 1. The molecule has 0 fully saturated rings. The van der Waals surface area contributed by atoms with E-state index in [1.165, 1.54) is 7.11 Å². The first-order valence-electron chi connectivity index (χ1n) is 4.32. The second-order valence-electron chi connectivity index (χ2n) is 2.82. The fourth-order valence-corrected chi connectivity index (χ4v) is 1.14. The van der Waals surface area contributed by atoms with E-state index in [0.29, 0.717) is 5.15 Å². The Morgan fingerprint density at radius 1 is 1.60 bits per heavy atom. The zero-order valence-electron chi connectivity index (χ0n) is 8.50. The molecule has 3 nitrogen and oxygen atoms in total. The molecule has 0 amide bonds. The van der Waals surface area contributed by atoms with Crippen molar-refractivity contribution in [3.8, 4) is 11.8 Å². The van der Waals surface area contributed by atoms with Crippen LogP contribution in [0, 0.1) is 18.8 Å². The zero-order chi connectivity index (χ0) is 11.3. The molecule has 0 aromatic carbocycles. The molecular weight excluding hydrogens is 214 g/mol. The summed E-state index contributed by atoms with van der Waals surface area (Å²) >= 11 is 5.69. The predicted molar refractivity (Wildman–Crippen MR) is 57.5 cm³/mol. The van der Waals surface area contributed by atoms with Gasteiger partial charge in [0.1, 0.15) is 11.6 Å². The Bertz CT molecular complexity index is 432. The standard InChI is InChI=1S/C11H10ClNO2/c1-8-9(6-7-10(12)13-8)4-3-5-11(14)15-2/h6-7H,5H2,1-2H3. The highest BCUT2D eigenvalue weighted by atomic mass is 35.5. The first kappa shape index (κ1) is 11.5. The highest BCUT2D eigenvalue weighted by Gasteiger charge is 1.97. The summed E-state index contributed by atoms with van der Waals surface area (Å²) < 4.78 is 4.46. The van der Waals surface area contributed by atoms with Gasteiger partial charge < -0.3 is 4.74 Å². The number of aromatic nitrogens is 1. The van der Waals surface area contributed by atoms with Crippen molar-refractivity contribution < 1.29 is 9.53 Å². The Labute approximate surface area is 93.4 Å². The molecule has 0 unspecified atom stereocenters. The second kappa shape index (κ2) is 5.38. The van der Waals surface area contributed by atoms with Gasteiger partial charge in [-0.25, -0.2) is 4.98 Å². The third-order valence-corrected chi connectivity index (χ3v) is 1.95. The molecule has 0 N–H and O–H groups in total. The molecule has 0 aliphatic carbocycles. The van der Waals surface area contributed by atoms with Crippen LogP contribution >= 0.6 is 11.6 Å². The molecule has 15 heavy (non-hydrogen) atoms. The van der Waals surface area contributed by atoms with Crippen molar-refractivity contribution in [2.24, 2.45) is 0 Å². The molecule has 0 spiro atoms. The Kier molecular flexibility index (Phi) is 4.14. The van der Waals surface area contributed by atoms with E-state index in [1.54, 1.807) is 12.1 Å². The SMILES string of the molecule is COC(=O)CC#Cc1ccc(Cl)nc1C. The number of halogens is 1. The number of ether oxygens (including phenoxy) is 1. The van der Waals surface area contributed by atoms with E-state index in [4.69, 9.17) is 11.6 Å². The maximum absolute atomic E-state index is 10.8. The highest BCUT2D eigenvalue weighted by Crippen LogP contribution is 2.09. The molecule has 1 heterocycles. The van der Waals surface area contributed by atoms with Crippen molar-refractivity contribution in [3.05, 3.63) is 28.5 Å².